The first-order valence-electron chi connectivity index (χ1n) is 15.0. The van der Waals surface area contributed by atoms with Crippen LogP contribution in [0.25, 0.3) is 10.9 Å². The molecule has 3 heterocycles. The first kappa shape index (κ1) is 32.0. The number of pyridine rings is 1. The molecule has 2 saturated heterocycles. The second kappa shape index (κ2) is 14.1. The van der Waals surface area contributed by atoms with E-state index in [9.17, 15) is 28.2 Å². The molecular formula is C32H39F3N4O5. The van der Waals surface area contributed by atoms with Crippen molar-refractivity contribution in [3.8, 4) is 5.75 Å². The summed E-state index contributed by atoms with van der Waals surface area (Å²) in [6.45, 7) is 5.02. The molecule has 0 radical (unpaired) electrons. The molecule has 1 aromatic heterocycles. The van der Waals surface area contributed by atoms with Crippen molar-refractivity contribution in [1.82, 2.24) is 14.8 Å². The topological polar surface area (TPSA) is 107 Å². The fourth-order valence-corrected chi connectivity index (χ4v) is 6.26. The minimum atomic E-state index is -1.01. The molecule has 1 atom stereocenters. The van der Waals surface area contributed by atoms with Crippen LogP contribution in [-0.4, -0.2) is 90.6 Å². The van der Waals surface area contributed by atoms with Gasteiger partial charge in [-0.25, -0.2) is 13.2 Å². The van der Waals surface area contributed by atoms with Crippen LogP contribution in [0.2, 0.25) is 0 Å². The normalized spacial score (nSPS) is 18.3. The van der Waals surface area contributed by atoms with E-state index in [1.807, 2.05) is 23.1 Å². The van der Waals surface area contributed by atoms with Crippen molar-refractivity contribution in [1.29, 1.82) is 0 Å². The summed E-state index contributed by atoms with van der Waals surface area (Å²) in [5.41, 5.74) is 0.961. The predicted octanol–water partition coefficient (Wildman–Crippen LogP) is 4.59. The maximum absolute atomic E-state index is 13.9. The first-order chi connectivity index (χ1) is 21.2. The van der Waals surface area contributed by atoms with Gasteiger partial charge in [0.1, 0.15) is 17.3 Å². The van der Waals surface area contributed by atoms with E-state index in [2.05, 4.69) is 15.2 Å². The highest BCUT2D eigenvalue weighted by Crippen LogP contribution is 2.40. The van der Waals surface area contributed by atoms with Crippen LogP contribution in [0.15, 0.2) is 36.5 Å². The summed E-state index contributed by atoms with van der Waals surface area (Å²) >= 11 is 0. The molecule has 3 N–H and O–H groups in total. The molecule has 5 rings (SSSR count). The average Bonchev–Trinajstić information content (AvgIpc) is 3.01. The van der Waals surface area contributed by atoms with E-state index in [1.54, 1.807) is 13.3 Å². The zero-order valence-electron chi connectivity index (χ0n) is 24.8. The van der Waals surface area contributed by atoms with Gasteiger partial charge in [0.15, 0.2) is 11.6 Å². The largest absolute Gasteiger partial charge is 0.497 e. The Bertz CT molecular complexity index is 1440. The SMILES string of the molecule is COc1ccc2ncc(CN3CCOCC3)c(C(O)CCC3(C(=O)O)CCN(CCNc4c(F)cc(F)cc4F)CC3)c2c1. The van der Waals surface area contributed by atoms with Crippen molar-refractivity contribution in [2.75, 3.05) is 64.9 Å². The number of nitrogens with one attached hydrogen (secondary N) is 1. The molecule has 12 heteroatoms. The third-order valence-corrected chi connectivity index (χ3v) is 8.93. The number of aliphatic carboxylic acids is 1. The molecule has 2 fully saturated rings. The Morgan fingerprint density at radius 2 is 1.80 bits per heavy atom. The Labute approximate surface area is 254 Å². The van der Waals surface area contributed by atoms with Crippen molar-refractivity contribution in [3.05, 3.63) is 65.1 Å². The summed E-state index contributed by atoms with van der Waals surface area (Å²) in [6.07, 6.45) is 2.17. The number of nitrogens with zero attached hydrogens (tertiary/aromatic N) is 3. The lowest BCUT2D eigenvalue weighted by Gasteiger charge is -2.39. The number of likely N-dealkylation sites (tertiary alicyclic amines) is 1. The molecule has 238 valence electrons. The lowest BCUT2D eigenvalue weighted by Crippen LogP contribution is -2.45. The van der Waals surface area contributed by atoms with Crippen LogP contribution in [0.5, 0.6) is 5.75 Å². The van der Waals surface area contributed by atoms with Gasteiger partial charge in [-0.1, -0.05) is 0 Å². The number of piperidine rings is 1. The van der Waals surface area contributed by atoms with E-state index in [1.165, 1.54) is 0 Å². The van der Waals surface area contributed by atoms with Gasteiger partial charge in [0, 0.05) is 56.4 Å². The predicted molar refractivity (Wildman–Crippen MR) is 159 cm³/mol. The highest BCUT2D eigenvalue weighted by atomic mass is 19.1. The van der Waals surface area contributed by atoms with Gasteiger partial charge in [-0.05, 0) is 68.1 Å². The zero-order chi connectivity index (χ0) is 31.3. The molecule has 0 spiro atoms. The molecule has 3 aromatic rings. The number of carboxylic acids is 1. The number of hydrogen-bond acceptors (Lipinski definition) is 8. The fourth-order valence-electron chi connectivity index (χ4n) is 6.26. The third kappa shape index (κ3) is 7.26. The summed E-state index contributed by atoms with van der Waals surface area (Å²) in [6, 6.07) is 6.79. The number of anilines is 1. The van der Waals surface area contributed by atoms with E-state index in [-0.39, 0.29) is 25.1 Å². The van der Waals surface area contributed by atoms with E-state index >= 15 is 0 Å². The highest BCUT2D eigenvalue weighted by Gasteiger charge is 2.41. The van der Waals surface area contributed by atoms with Crippen LogP contribution in [-0.2, 0) is 16.1 Å². The number of fused-ring (bicyclic) bond motifs is 1. The van der Waals surface area contributed by atoms with E-state index in [4.69, 9.17) is 9.47 Å². The van der Waals surface area contributed by atoms with Crippen LogP contribution < -0.4 is 10.1 Å². The van der Waals surface area contributed by atoms with Gasteiger partial charge in [-0.15, -0.1) is 0 Å². The Hall–Kier alpha value is -3.45. The maximum Gasteiger partial charge on any atom is 0.309 e. The van der Waals surface area contributed by atoms with Crippen molar-refractivity contribution in [3.63, 3.8) is 0 Å². The van der Waals surface area contributed by atoms with Crippen LogP contribution in [0.4, 0.5) is 18.9 Å². The van der Waals surface area contributed by atoms with Crippen molar-refractivity contribution in [2.45, 2.75) is 38.3 Å². The minimum Gasteiger partial charge on any atom is -0.497 e. The standard InChI is InChI=1S/C32H39F3N4O5/c1-43-23-2-3-27-24(18-23)29(21(19-37-27)20-39-12-14-44-15-13-39)28(40)4-5-32(31(41)42)6-9-38(10-7-32)11-8-36-30-25(34)16-22(33)17-26(30)35/h2-3,16-19,28,36,40H,4-15,20H2,1H3,(H,41,42). The maximum atomic E-state index is 13.9. The second-order valence-electron chi connectivity index (χ2n) is 11.6. The molecule has 0 aliphatic carbocycles. The number of carboxylic acid groups (broad SMARTS) is 1. The molecule has 0 amide bonds. The minimum absolute atomic E-state index is 0.211. The number of hydrogen-bond donors (Lipinski definition) is 3. The van der Waals surface area contributed by atoms with Crippen LogP contribution >= 0.6 is 0 Å². The lowest BCUT2D eigenvalue weighted by molar-refractivity contribution is -0.153. The van der Waals surface area contributed by atoms with Gasteiger partial charge < -0.3 is 29.9 Å². The molecule has 2 aliphatic rings. The zero-order valence-corrected chi connectivity index (χ0v) is 24.8. The molecular weight excluding hydrogens is 577 g/mol. The molecule has 9 nitrogen and oxygen atoms in total. The summed E-state index contributed by atoms with van der Waals surface area (Å²) in [5.74, 6) is -3.24. The average molecular weight is 617 g/mol. The summed E-state index contributed by atoms with van der Waals surface area (Å²) in [4.78, 5) is 21.5. The molecule has 44 heavy (non-hydrogen) atoms. The number of aliphatic hydroxyl groups excluding tert-OH is 1. The van der Waals surface area contributed by atoms with Crippen molar-refractivity contribution >= 4 is 22.6 Å². The van der Waals surface area contributed by atoms with Crippen LogP contribution in [0.1, 0.15) is 42.9 Å². The molecule has 2 aromatic carbocycles. The Balaban J connectivity index is 1.25. The quantitative estimate of drug-likeness (QED) is 0.270. The van der Waals surface area contributed by atoms with E-state index in [0.29, 0.717) is 70.1 Å². The van der Waals surface area contributed by atoms with Crippen LogP contribution in [0.3, 0.4) is 0 Å². The number of ether oxygens (including phenoxy) is 2. The fraction of sp³-hybridized carbons (Fsp3) is 0.500. The second-order valence-corrected chi connectivity index (χ2v) is 11.6. The van der Waals surface area contributed by atoms with Gasteiger partial charge in [0.25, 0.3) is 0 Å². The van der Waals surface area contributed by atoms with Gasteiger partial charge in [-0.2, -0.15) is 0 Å². The van der Waals surface area contributed by atoms with E-state index < -0.39 is 34.9 Å². The third-order valence-electron chi connectivity index (χ3n) is 8.93. The smallest absolute Gasteiger partial charge is 0.309 e. The lowest BCUT2D eigenvalue weighted by atomic mass is 9.73. The van der Waals surface area contributed by atoms with Gasteiger partial charge in [-0.3, -0.25) is 14.7 Å². The number of aliphatic hydroxyl groups is 1. The highest BCUT2D eigenvalue weighted by molar-refractivity contribution is 5.85. The number of morpholine rings is 1. The number of halogens is 3. The van der Waals surface area contributed by atoms with Gasteiger partial charge in [0.05, 0.1) is 37.4 Å². The Morgan fingerprint density at radius 1 is 1.09 bits per heavy atom. The number of rotatable bonds is 12. The molecule has 0 bridgehead atoms. The first-order valence-corrected chi connectivity index (χ1v) is 15.0. The number of methoxy groups -OCH3 is 1. The van der Waals surface area contributed by atoms with Crippen LogP contribution in [0, 0.1) is 22.9 Å². The Kier molecular flexibility index (Phi) is 10.2. The summed E-state index contributed by atoms with van der Waals surface area (Å²) < 4.78 is 52.0. The number of benzene rings is 2. The molecule has 1 unspecified atom stereocenters. The molecule has 2 aliphatic heterocycles. The van der Waals surface area contributed by atoms with Gasteiger partial charge in [0.2, 0.25) is 0 Å². The summed E-state index contributed by atoms with van der Waals surface area (Å²) in [7, 11) is 1.58. The number of carbonyl (C=O) groups is 1. The monoisotopic (exact) mass is 616 g/mol. The van der Waals surface area contributed by atoms with Crippen molar-refractivity contribution in [2.24, 2.45) is 5.41 Å². The van der Waals surface area contributed by atoms with E-state index in [0.717, 1.165) is 35.1 Å². The Morgan fingerprint density at radius 3 is 2.45 bits per heavy atom. The summed E-state index contributed by atoms with van der Waals surface area (Å²) in [5, 5.41) is 25.4. The number of aromatic nitrogens is 1. The van der Waals surface area contributed by atoms with Gasteiger partial charge >= 0.3 is 5.97 Å². The van der Waals surface area contributed by atoms with Crippen molar-refractivity contribution < 1.29 is 37.7 Å². The molecule has 0 saturated carbocycles.